The van der Waals surface area contributed by atoms with Crippen molar-refractivity contribution in [2.75, 3.05) is 32.1 Å². The molecule has 3 atom stereocenters. The summed E-state index contributed by atoms with van der Waals surface area (Å²) in [6, 6.07) is 11.1. The van der Waals surface area contributed by atoms with Crippen LogP contribution in [-0.4, -0.2) is 79.4 Å². The molecule has 8 rings (SSSR count). The van der Waals surface area contributed by atoms with Gasteiger partial charge in [-0.3, -0.25) is 33.5 Å². The molecule has 2 aliphatic heterocycles. The van der Waals surface area contributed by atoms with E-state index in [0.717, 1.165) is 55.3 Å². The van der Waals surface area contributed by atoms with Crippen molar-refractivity contribution in [1.82, 2.24) is 34.1 Å². The summed E-state index contributed by atoms with van der Waals surface area (Å²) in [7, 11) is 3.14. The van der Waals surface area contributed by atoms with Gasteiger partial charge in [0.15, 0.2) is 0 Å². The Bertz CT molecular complexity index is 2430. The number of carbonyl (C=O) groups is 3. The quantitative estimate of drug-likeness (QED) is 0.146. The van der Waals surface area contributed by atoms with Gasteiger partial charge < -0.3 is 15.0 Å². The standard InChI is InChI=1S/C40H42F4N8O5/c1-49-36-30(52(39(49)56)31-13-15-34(53)47-38(31)55)12-14-32(57-2)35(36)26-16-17-50(21-27(26)41)19-22-6-9-25(10-7-22)51-20-23-18-24(8-11-28(23)48-51)45-37(54)29-4-3-5-33(46-29)40(42,43)44/h3-5,8,11-12,14,18,20,22,25-27,31H,6-7,9-10,13,15-17,19,21H2,1-2H3,(H,45,54)(H,47,53,55). The summed E-state index contributed by atoms with van der Waals surface area (Å²) in [5, 5.41) is 10.5. The molecule has 0 bridgehead atoms. The van der Waals surface area contributed by atoms with Crippen molar-refractivity contribution in [2.24, 2.45) is 13.0 Å². The molecule has 1 saturated carbocycles. The highest BCUT2D eigenvalue weighted by molar-refractivity contribution is 6.04. The molecule has 2 saturated heterocycles. The van der Waals surface area contributed by atoms with E-state index >= 15 is 4.39 Å². The number of methoxy groups -OCH3 is 1. The smallest absolute Gasteiger partial charge is 0.433 e. The molecule has 57 heavy (non-hydrogen) atoms. The number of aromatic nitrogens is 5. The maximum Gasteiger partial charge on any atom is 0.433 e. The molecule has 300 valence electrons. The number of carbonyl (C=O) groups excluding carboxylic acids is 3. The second-order valence-corrected chi connectivity index (χ2v) is 15.3. The van der Waals surface area contributed by atoms with E-state index in [2.05, 4.69) is 20.5 Å². The van der Waals surface area contributed by atoms with Gasteiger partial charge in [0.1, 0.15) is 29.4 Å². The molecule has 5 heterocycles. The molecule has 2 aromatic carbocycles. The highest BCUT2D eigenvalue weighted by atomic mass is 19.4. The molecular weight excluding hydrogens is 748 g/mol. The van der Waals surface area contributed by atoms with Crippen LogP contribution in [0.5, 0.6) is 5.75 Å². The molecule has 3 aromatic heterocycles. The molecule has 3 fully saturated rings. The Morgan fingerprint density at radius 3 is 2.53 bits per heavy atom. The van der Waals surface area contributed by atoms with Crippen molar-refractivity contribution in [3.05, 3.63) is 82.2 Å². The second kappa shape index (κ2) is 15.1. The number of hydrogen-bond acceptors (Lipinski definition) is 8. The average Bonchev–Trinajstić information content (AvgIpc) is 3.72. The zero-order chi connectivity index (χ0) is 40.2. The molecule has 13 nitrogen and oxygen atoms in total. The largest absolute Gasteiger partial charge is 0.496 e. The van der Waals surface area contributed by atoms with Crippen LogP contribution in [0.1, 0.15) is 84.7 Å². The van der Waals surface area contributed by atoms with Crippen LogP contribution in [-0.2, 0) is 22.8 Å². The number of rotatable bonds is 8. The Morgan fingerprint density at radius 2 is 1.81 bits per heavy atom. The molecule has 3 amide bonds. The highest BCUT2D eigenvalue weighted by Crippen LogP contribution is 2.42. The lowest BCUT2D eigenvalue weighted by molar-refractivity contribution is -0.141. The van der Waals surface area contributed by atoms with Crippen LogP contribution in [0, 0.1) is 5.92 Å². The third-order valence-corrected chi connectivity index (χ3v) is 11.7. The first-order valence-corrected chi connectivity index (χ1v) is 19.1. The molecule has 17 heteroatoms. The number of benzene rings is 2. The van der Waals surface area contributed by atoms with Gasteiger partial charge in [-0.2, -0.15) is 18.3 Å². The van der Waals surface area contributed by atoms with Gasteiger partial charge in [-0.1, -0.05) is 6.07 Å². The van der Waals surface area contributed by atoms with Crippen LogP contribution >= 0.6 is 0 Å². The van der Waals surface area contributed by atoms with Crippen LogP contribution in [0.3, 0.4) is 0 Å². The lowest BCUT2D eigenvalue weighted by atomic mass is 9.83. The van der Waals surface area contributed by atoms with Crippen molar-refractivity contribution < 1.29 is 36.7 Å². The SMILES string of the molecule is COc1ccc2c(c1C1CCN(CC3CCC(n4cc5cc(NC(=O)c6cccc(C(F)(F)F)n6)ccc5n4)CC3)CC1F)n(C)c(=O)n2C1CCC(=O)NC1=O. The fraction of sp³-hybridized carbons (Fsp3) is 0.450. The molecule has 2 N–H and O–H groups in total. The lowest BCUT2D eigenvalue weighted by Crippen LogP contribution is -2.44. The fourth-order valence-electron chi connectivity index (χ4n) is 8.89. The number of nitrogens with one attached hydrogen (secondary N) is 2. The summed E-state index contributed by atoms with van der Waals surface area (Å²) >= 11 is 0. The maximum absolute atomic E-state index is 16.3. The van der Waals surface area contributed by atoms with Crippen LogP contribution in [0.15, 0.2) is 59.5 Å². The molecule has 3 unspecified atom stereocenters. The Hall–Kier alpha value is -5.58. The number of fused-ring (bicyclic) bond motifs is 2. The van der Waals surface area contributed by atoms with Crippen molar-refractivity contribution in [1.29, 1.82) is 0 Å². The predicted molar refractivity (Wildman–Crippen MR) is 202 cm³/mol. The molecule has 0 spiro atoms. The molecular formula is C40H42F4N8O5. The normalized spacial score (nSPS) is 23.5. The van der Waals surface area contributed by atoms with Gasteiger partial charge in [0, 0.05) is 55.3 Å². The van der Waals surface area contributed by atoms with Gasteiger partial charge in [0.25, 0.3) is 5.91 Å². The number of pyridine rings is 1. The van der Waals surface area contributed by atoms with Gasteiger partial charge in [-0.15, -0.1) is 0 Å². The van der Waals surface area contributed by atoms with E-state index in [9.17, 15) is 32.3 Å². The number of piperidine rings is 2. The first-order chi connectivity index (χ1) is 27.3. The van der Waals surface area contributed by atoms with Crippen molar-refractivity contribution >= 4 is 45.3 Å². The Morgan fingerprint density at radius 1 is 1.02 bits per heavy atom. The van der Waals surface area contributed by atoms with Gasteiger partial charge in [0.05, 0.1) is 29.7 Å². The third kappa shape index (κ3) is 7.40. The number of alkyl halides is 4. The minimum Gasteiger partial charge on any atom is -0.496 e. The summed E-state index contributed by atoms with van der Waals surface area (Å²) < 4.78 is 66.1. The number of anilines is 1. The number of likely N-dealkylation sites (tertiary alicyclic amines) is 1. The van der Waals surface area contributed by atoms with Crippen LogP contribution in [0.4, 0.5) is 23.2 Å². The molecule has 0 radical (unpaired) electrons. The van der Waals surface area contributed by atoms with E-state index in [4.69, 9.17) is 9.84 Å². The van der Waals surface area contributed by atoms with E-state index in [1.165, 1.54) is 22.3 Å². The third-order valence-electron chi connectivity index (χ3n) is 11.7. The van der Waals surface area contributed by atoms with Crippen molar-refractivity contribution in [3.63, 3.8) is 0 Å². The lowest BCUT2D eigenvalue weighted by Gasteiger charge is -2.38. The summed E-state index contributed by atoms with van der Waals surface area (Å²) in [6.07, 6.45) is 0.514. The van der Waals surface area contributed by atoms with Crippen LogP contribution in [0.25, 0.3) is 21.9 Å². The molecule has 5 aromatic rings. The van der Waals surface area contributed by atoms with Gasteiger partial charge in [0.2, 0.25) is 11.8 Å². The maximum atomic E-state index is 16.3. The minimum absolute atomic E-state index is 0.121. The van der Waals surface area contributed by atoms with Crippen molar-refractivity contribution in [2.45, 2.75) is 75.3 Å². The second-order valence-electron chi connectivity index (χ2n) is 15.3. The number of nitrogens with zero attached hydrogens (tertiary/aromatic N) is 6. The average molecular weight is 791 g/mol. The Balaban J connectivity index is 0.894. The van der Waals surface area contributed by atoms with E-state index in [1.54, 1.807) is 37.4 Å². The fourth-order valence-corrected chi connectivity index (χ4v) is 8.89. The first-order valence-electron chi connectivity index (χ1n) is 19.1. The topological polar surface area (TPSA) is 145 Å². The number of imidazole rings is 1. The molecule has 1 aliphatic carbocycles. The van der Waals surface area contributed by atoms with Crippen molar-refractivity contribution in [3.8, 4) is 5.75 Å². The van der Waals surface area contributed by atoms with Gasteiger partial charge >= 0.3 is 11.9 Å². The zero-order valence-corrected chi connectivity index (χ0v) is 31.4. The Labute approximate surface area is 324 Å². The summed E-state index contributed by atoms with van der Waals surface area (Å²) in [4.78, 5) is 56.5. The van der Waals surface area contributed by atoms with E-state index < -0.39 is 47.5 Å². The minimum atomic E-state index is -4.66. The number of hydrogen-bond donors (Lipinski definition) is 2. The Kier molecular flexibility index (Phi) is 10.1. The number of halogens is 4. The highest BCUT2D eigenvalue weighted by Gasteiger charge is 2.38. The van der Waals surface area contributed by atoms with E-state index in [1.807, 2.05) is 10.9 Å². The zero-order valence-electron chi connectivity index (χ0n) is 31.4. The summed E-state index contributed by atoms with van der Waals surface area (Å²) in [5.41, 5.74) is 0.894. The first kappa shape index (κ1) is 38.3. The number of aryl methyl sites for hydroxylation is 1. The van der Waals surface area contributed by atoms with E-state index in [0.29, 0.717) is 46.9 Å². The van der Waals surface area contributed by atoms with Crippen LogP contribution in [0.2, 0.25) is 0 Å². The van der Waals surface area contributed by atoms with E-state index in [-0.39, 0.29) is 37.0 Å². The van der Waals surface area contributed by atoms with Gasteiger partial charge in [-0.25, -0.2) is 14.2 Å². The predicted octanol–water partition coefficient (Wildman–Crippen LogP) is 5.90. The summed E-state index contributed by atoms with van der Waals surface area (Å²) in [6.45, 7) is 1.66. The molecule has 3 aliphatic rings. The number of imide groups is 1. The number of ether oxygens (including phenoxy) is 1. The number of amides is 3. The monoisotopic (exact) mass is 790 g/mol. The van der Waals surface area contributed by atoms with Crippen LogP contribution < -0.4 is 21.1 Å². The van der Waals surface area contributed by atoms with Gasteiger partial charge in [-0.05, 0) is 93.5 Å². The summed E-state index contributed by atoms with van der Waals surface area (Å²) in [5.74, 6) is -1.32.